The topological polar surface area (TPSA) is 98.6 Å². The summed E-state index contributed by atoms with van der Waals surface area (Å²) in [7, 11) is 0. The summed E-state index contributed by atoms with van der Waals surface area (Å²) in [6.07, 6.45) is 10.6. The lowest BCUT2D eigenvalue weighted by molar-refractivity contribution is -0.0682. The summed E-state index contributed by atoms with van der Waals surface area (Å²) in [4.78, 5) is 8.92. The van der Waals surface area contributed by atoms with E-state index in [0.717, 1.165) is 36.8 Å². The molecule has 0 amide bonds. The number of pyridine rings is 1. The van der Waals surface area contributed by atoms with Crippen molar-refractivity contribution in [3.63, 3.8) is 0 Å². The zero-order chi connectivity index (χ0) is 26.3. The fraction of sp³-hybridized carbons (Fsp3) is 0.414. The van der Waals surface area contributed by atoms with Gasteiger partial charge >= 0.3 is 0 Å². The third-order valence-electron chi connectivity index (χ3n) is 8.05. The molecule has 0 radical (unpaired) electrons. The largest absolute Gasteiger partial charge is 0.385 e. The van der Waals surface area contributed by atoms with Crippen LogP contribution in [-0.4, -0.2) is 43.9 Å². The maximum atomic E-state index is 15.3. The highest BCUT2D eigenvalue weighted by Gasteiger charge is 2.33. The van der Waals surface area contributed by atoms with E-state index in [-0.39, 0.29) is 35.7 Å². The number of benzene rings is 1. The smallest absolute Gasteiger partial charge is 0.136 e. The van der Waals surface area contributed by atoms with Crippen molar-refractivity contribution in [3.05, 3.63) is 83.1 Å². The minimum absolute atomic E-state index is 0.155. The van der Waals surface area contributed by atoms with Crippen LogP contribution < -0.4 is 5.73 Å². The molecule has 0 bridgehead atoms. The lowest BCUT2D eigenvalue weighted by Gasteiger charge is -2.32. The number of hydrogen-bond donors (Lipinski definition) is 2. The Morgan fingerprint density at radius 3 is 2.63 bits per heavy atom. The molecule has 1 saturated carbocycles. The van der Waals surface area contributed by atoms with Crippen molar-refractivity contribution in [1.29, 1.82) is 0 Å². The highest BCUT2D eigenvalue weighted by atomic mass is 19.1. The Balaban J connectivity index is 1.34. The second-order valence-corrected chi connectivity index (χ2v) is 10.6. The van der Waals surface area contributed by atoms with Crippen molar-refractivity contribution < 1.29 is 18.6 Å². The molecule has 38 heavy (non-hydrogen) atoms. The van der Waals surface area contributed by atoms with Gasteiger partial charge in [-0.05, 0) is 72.2 Å². The van der Waals surface area contributed by atoms with Crippen LogP contribution in [0.5, 0.6) is 0 Å². The Morgan fingerprint density at radius 1 is 1.08 bits per heavy atom. The molecule has 198 valence electrons. The van der Waals surface area contributed by atoms with Crippen LogP contribution in [0.25, 0.3) is 16.8 Å². The molecular formula is C29H31F2N5O2. The Bertz CT molecular complexity index is 1440. The molecule has 7 nitrogen and oxygen atoms in total. The number of rotatable bonds is 5. The molecule has 4 heterocycles. The second-order valence-electron chi connectivity index (χ2n) is 10.6. The van der Waals surface area contributed by atoms with E-state index in [1.165, 1.54) is 17.7 Å². The molecule has 2 fully saturated rings. The third kappa shape index (κ3) is 4.70. The van der Waals surface area contributed by atoms with Crippen LogP contribution in [-0.2, 0) is 16.8 Å². The molecule has 1 aromatic carbocycles. The van der Waals surface area contributed by atoms with Gasteiger partial charge in [0.05, 0.1) is 28.6 Å². The molecule has 6 rings (SSSR count). The number of aromatic nitrogens is 4. The molecule has 3 aromatic heterocycles. The van der Waals surface area contributed by atoms with Crippen LogP contribution in [0.15, 0.2) is 48.9 Å². The quantitative estimate of drug-likeness (QED) is 0.399. The van der Waals surface area contributed by atoms with Gasteiger partial charge in [-0.1, -0.05) is 6.42 Å². The average molecular weight is 520 g/mol. The number of fused-ring (bicyclic) bond motifs is 1. The highest BCUT2D eigenvalue weighted by Crippen LogP contribution is 2.37. The summed E-state index contributed by atoms with van der Waals surface area (Å²) in [5.74, 6) is -0.503. The van der Waals surface area contributed by atoms with Crippen LogP contribution in [0.4, 0.5) is 8.78 Å². The molecule has 1 aliphatic carbocycles. The molecule has 1 aliphatic heterocycles. The van der Waals surface area contributed by atoms with Crippen LogP contribution in [0.3, 0.4) is 0 Å². The van der Waals surface area contributed by atoms with Crippen molar-refractivity contribution in [2.75, 3.05) is 13.2 Å². The van der Waals surface area contributed by atoms with Crippen LogP contribution in [0.2, 0.25) is 0 Å². The number of nitrogens with zero attached hydrogens (tertiary/aromatic N) is 4. The van der Waals surface area contributed by atoms with E-state index in [1.807, 2.05) is 12.4 Å². The maximum absolute atomic E-state index is 15.3. The van der Waals surface area contributed by atoms with E-state index >= 15 is 8.78 Å². The molecule has 2 atom stereocenters. The summed E-state index contributed by atoms with van der Waals surface area (Å²) in [5, 5.41) is 15.5. The first-order valence-electron chi connectivity index (χ1n) is 13.2. The first kappa shape index (κ1) is 25.0. The number of halogens is 2. The molecular weight excluding hydrogens is 488 g/mol. The number of imidazole rings is 1. The number of hydrogen-bond acceptors (Lipinski definition) is 6. The van der Waals surface area contributed by atoms with Gasteiger partial charge in [0, 0.05) is 50.9 Å². The van der Waals surface area contributed by atoms with Crippen molar-refractivity contribution in [2.24, 2.45) is 5.73 Å². The SMILES string of the molecule is N[C@H]1CCC[C@@H](c2ccncc2Cc2ncc3ccc(-c4c(F)cc(C5(O)CCOCC5)cc4F)nn23)C1. The van der Waals surface area contributed by atoms with Crippen LogP contribution >= 0.6 is 0 Å². The predicted octanol–water partition coefficient (Wildman–Crippen LogP) is 4.64. The normalized spacial score (nSPS) is 21.6. The summed E-state index contributed by atoms with van der Waals surface area (Å²) >= 11 is 0. The highest BCUT2D eigenvalue weighted by molar-refractivity contribution is 5.63. The summed E-state index contributed by atoms with van der Waals surface area (Å²) < 4.78 is 37.6. The fourth-order valence-corrected chi connectivity index (χ4v) is 5.94. The minimum atomic E-state index is -1.31. The van der Waals surface area contributed by atoms with Crippen molar-refractivity contribution in [2.45, 2.75) is 62.5 Å². The van der Waals surface area contributed by atoms with E-state index in [0.29, 0.717) is 31.4 Å². The average Bonchev–Trinajstić information content (AvgIpc) is 3.31. The lowest BCUT2D eigenvalue weighted by atomic mass is 9.80. The van der Waals surface area contributed by atoms with E-state index < -0.39 is 17.2 Å². The molecule has 9 heteroatoms. The molecule has 1 saturated heterocycles. The third-order valence-corrected chi connectivity index (χ3v) is 8.05. The first-order chi connectivity index (χ1) is 18.4. The van der Waals surface area contributed by atoms with Gasteiger partial charge in [0.15, 0.2) is 0 Å². The standard InChI is InChI=1S/C29H31F2N5O2/c30-24-14-20(29(37)7-10-38-11-8-29)15-25(31)28(24)26-5-4-22-17-34-27(36(22)35-26)13-19-16-33-9-6-23(19)18-2-1-3-21(32)12-18/h4-6,9,14-18,21,37H,1-3,7-8,10-13,32H2/t18-,21+/m1/s1. The van der Waals surface area contributed by atoms with Crippen molar-refractivity contribution in [3.8, 4) is 11.3 Å². The van der Waals surface area contributed by atoms with Gasteiger partial charge in [-0.2, -0.15) is 5.10 Å². The van der Waals surface area contributed by atoms with Gasteiger partial charge in [-0.15, -0.1) is 0 Å². The fourth-order valence-electron chi connectivity index (χ4n) is 5.94. The number of ether oxygens (including phenoxy) is 1. The monoisotopic (exact) mass is 519 g/mol. The van der Waals surface area contributed by atoms with Gasteiger partial charge in [0.25, 0.3) is 0 Å². The molecule has 0 unspecified atom stereocenters. The maximum Gasteiger partial charge on any atom is 0.136 e. The summed E-state index contributed by atoms with van der Waals surface area (Å²) in [5.41, 5.74) is 8.09. The molecule has 2 aliphatic rings. The van der Waals surface area contributed by atoms with Gasteiger partial charge in [0.2, 0.25) is 0 Å². The van der Waals surface area contributed by atoms with Gasteiger partial charge < -0.3 is 15.6 Å². The Kier molecular flexibility index (Phi) is 6.67. The lowest BCUT2D eigenvalue weighted by Crippen LogP contribution is -2.33. The number of aliphatic hydroxyl groups is 1. The first-order valence-corrected chi connectivity index (χ1v) is 13.2. The van der Waals surface area contributed by atoms with Crippen LogP contribution in [0.1, 0.15) is 67.0 Å². The molecule has 0 spiro atoms. The van der Waals surface area contributed by atoms with E-state index in [4.69, 9.17) is 10.5 Å². The van der Waals surface area contributed by atoms with E-state index in [9.17, 15) is 5.11 Å². The van der Waals surface area contributed by atoms with Gasteiger partial charge in [-0.3, -0.25) is 4.98 Å². The zero-order valence-corrected chi connectivity index (χ0v) is 21.1. The van der Waals surface area contributed by atoms with Crippen LogP contribution in [0, 0.1) is 11.6 Å². The Hall–Kier alpha value is -3.27. The summed E-state index contributed by atoms with van der Waals surface area (Å²) in [6.45, 7) is 0.685. The summed E-state index contributed by atoms with van der Waals surface area (Å²) in [6, 6.07) is 8.02. The van der Waals surface area contributed by atoms with E-state index in [1.54, 1.807) is 22.8 Å². The van der Waals surface area contributed by atoms with Gasteiger partial charge in [-0.25, -0.2) is 18.3 Å². The second kappa shape index (κ2) is 10.1. The van der Waals surface area contributed by atoms with Crippen molar-refractivity contribution >= 4 is 5.52 Å². The zero-order valence-electron chi connectivity index (χ0n) is 21.1. The predicted molar refractivity (Wildman–Crippen MR) is 139 cm³/mol. The van der Waals surface area contributed by atoms with Gasteiger partial charge in [0.1, 0.15) is 17.5 Å². The van der Waals surface area contributed by atoms with Crippen molar-refractivity contribution in [1.82, 2.24) is 19.6 Å². The molecule has 3 N–H and O–H groups in total. The van der Waals surface area contributed by atoms with E-state index in [2.05, 4.69) is 21.1 Å². The minimum Gasteiger partial charge on any atom is -0.385 e. The Morgan fingerprint density at radius 2 is 1.87 bits per heavy atom. The number of nitrogens with two attached hydrogens (primary N) is 1. The molecule has 4 aromatic rings. The Labute approximate surface area is 219 Å².